The Hall–Kier alpha value is -2.05. The maximum absolute atomic E-state index is 12.4. The van der Waals surface area contributed by atoms with Crippen LogP contribution in [0.15, 0.2) is 53.4 Å². The van der Waals surface area contributed by atoms with Gasteiger partial charge in [0.25, 0.3) is 0 Å². The van der Waals surface area contributed by atoms with E-state index in [-0.39, 0.29) is 4.90 Å². The first-order chi connectivity index (χ1) is 11.1. The summed E-state index contributed by atoms with van der Waals surface area (Å²) in [6, 6.07) is 13.8. The molecule has 1 N–H and O–H groups in total. The molecule has 0 bridgehead atoms. The van der Waals surface area contributed by atoms with E-state index in [1.165, 1.54) is 32.1 Å². The van der Waals surface area contributed by atoms with Crippen LogP contribution in [-0.2, 0) is 16.7 Å². The molecule has 0 radical (unpaired) electrons. The van der Waals surface area contributed by atoms with Gasteiger partial charge in [-0.1, -0.05) is 18.2 Å². The van der Waals surface area contributed by atoms with E-state index in [1.54, 1.807) is 24.3 Å². The fraction of sp³-hybridized carbons (Fsp3) is 0.294. The Balaban J connectivity index is 1.78. The Bertz CT molecular complexity index is 767. The Kier molecular flexibility index (Phi) is 4.54. The summed E-state index contributed by atoms with van der Waals surface area (Å²) in [5.74, 6) is 0.953. The first kappa shape index (κ1) is 15.8. The minimum absolute atomic E-state index is 0.100. The second-order valence-corrected chi connectivity index (χ2v) is 7.02. The largest absolute Gasteiger partial charge is 0.497 e. The van der Waals surface area contributed by atoms with Crippen molar-refractivity contribution in [1.29, 1.82) is 0 Å². The molecule has 0 unspecified atom stereocenters. The van der Waals surface area contributed by atoms with Crippen LogP contribution >= 0.6 is 0 Å². The fourth-order valence-corrected chi connectivity index (χ4v) is 3.15. The lowest BCUT2D eigenvalue weighted by Crippen LogP contribution is -2.17. The predicted molar refractivity (Wildman–Crippen MR) is 87.1 cm³/mol. The van der Waals surface area contributed by atoms with Crippen molar-refractivity contribution in [3.8, 4) is 11.5 Å². The van der Waals surface area contributed by atoms with E-state index in [1.807, 2.05) is 12.1 Å². The van der Waals surface area contributed by atoms with Crippen LogP contribution in [0.2, 0.25) is 0 Å². The van der Waals surface area contributed by atoms with Crippen LogP contribution < -0.4 is 14.2 Å². The topological polar surface area (TPSA) is 64.6 Å². The molecule has 0 saturated heterocycles. The fourth-order valence-electron chi connectivity index (χ4n) is 2.18. The molecule has 23 heavy (non-hydrogen) atoms. The summed E-state index contributed by atoms with van der Waals surface area (Å²) in [5, 5.41) is 3.36. The first-order valence-electron chi connectivity index (χ1n) is 7.48. The van der Waals surface area contributed by atoms with Crippen molar-refractivity contribution >= 4 is 10.1 Å². The average molecular weight is 333 g/mol. The maximum Gasteiger partial charge on any atom is 0.339 e. The molecule has 2 aromatic carbocycles. The molecule has 1 saturated carbocycles. The van der Waals surface area contributed by atoms with Gasteiger partial charge in [0.1, 0.15) is 16.4 Å². The number of ether oxygens (including phenoxy) is 1. The van der Waals surface area contributed by atoms with Crippen LogP contribution in [0.5, 0.6) is 11.5 Å². The third-order valence-corrected chi connectivity index (χ3v) is 4.93. The van der Waals surface area contributed by atoms with Crippen molar-refractivity contribution in [1.82, 2.24) is 5.32 Å². The van der Waals surface area contributed by atoms with Crippen LogP contribution in [0, 0.1) is 0 Å². The summed E-state index contributed by atoms with van der Waals surface area (Å²) in [7, 11) is -2.34. The Morgan fingerprint density at radius 3 is 2.43 bits per heavy atom. The normalized spacial score (nSPS) is 14.5. The van der Waals surface area contributed by atoms with Crippen LogP contribution in [0.4, 0.5) is 0 Å². The highest BCUT2D eigenvalue weighted by atomic mass is 32.2. The zero-order valence-corrected chi connectivity index (χ0v) is 13.7. The van der Waals surface area contributed by atoms with Crippen molar-refractivity contribution < 1.29 is 17.3 Å². The molecular formula is C17H19NO4S. The second-order valence-electron chi connectivity index (χ2n) is 5.48. The molecule has 1 aliphatic carbocycles. The van der Waals surface area contributed by atoms with Gasteiger partial charge in [0.2, 0.25) is 0 Å². The lowest BCUT2D eigenvalue weighted by molar-refractivity contribution is 0.414. The van der Waals surface area contributed by atoms with Gasteiger partial charge in [-0.15, -0.1) is 0 Å². The molecule has 5 nitrogen and oxygen atoms in total. The van der Waals surface area contributed by atoms with E-state index in [4.69, 9.17) is 8.92 Å². The predicted octanol–water partition coefficient (Wildman–Crippen LogP) is 2.71. The van der Waals surface area contributed by atoms with Crippen molar-refractivity contribution in [2.24, 2.45) is 0 Å². The molecule has 122 valence electrons. The summed E-state index contributed by atoms with van der Waals surface area (Å²) in [4.78, 5) is 0.100. The van der Waals surface area contributed by atoms with Gasteiger partial charge in [0.05, 0.1) is 7.11 Å². The number of para-hydroxylation sites is 1. The maximum atomic E-state index is 12.4. The van der Waals surface area contributed by atoms with Crippen molar-refractivity contribution in [2.45, 2.75) is 30.3 Å². The highest BCUT2D eigenvalue weighted by Crippen LogP contribution is 2.25. The highest BCUT2D eigenvalue weighted by molar-refractivity contribution is 7.87. The zero-order valence-electron chi connectivity index (χ0n) is 12.9. The van der Waals surface area contributed by atoms with Crippen LogP contribution in [0.3, 0.4) is 0 Å². The second kappa shape index (κ2) is 6.60. The van der Waals surface area contributed by atoms with Crippen LogP contribution in [0.1, 0.15) is 18.4 Å². The summed E-state index contributed by atoms with van der Waals surface area (Å²) in [6.07, 6.45) is 2.35. The number of rotatable bonds is 7. The molecule has 0 amide bonds. The van der Waals surface area contributed by atoms with E-state index >= 15 is 0 Å². The zero-order chi connectivity index (χ0) is 16.3. The summed E-state index contributed by atoms with van der Waals surface area (Å²) in [5.41, 5.74) is 0.830. The molecule has 0 heterocycles. The molecule has 1 fully saturated rings. The molecule has 0 spiro atoms. The number of methoxy groups -OCH3 is 1. The minimum Gasteiger partial charge on any atom is -0.497 e. The molecule has 1 aliphatic rings. The number of benzene rings is 2. The molecular weight excluding hydrogens is 314 g/mol. The van der Waals surface area contributed by atoms with Crippen molar-refractivity contribution in [2.75, 3.05) is 7.11 Å². The van der Waals surface area contributed by atoms with E-state index in [2.05, 4.69) is 5.32 Å². The Labute approximate surface area is 136 Å². The Morgan fingerprint density at radius 1 is 1.09 bits per heavy atom. The van der Waals surface area contributed by atoms with Gasteiger partial charge in [-0.25, -0.2) is 0 Å². The van der Waals surface area contributed by atoms with Crippen molar-refractivity contribution in [3.05, 3.63) is 54.1 Å². The third-order valence-electron chi connectivity index (χ3n) is 3.68. The van der Waals surface area contributed by atoms with Gasteiger partial charge in [-0.2, -0.15) is 8.42 Å². The highest BCUT2D eigenvalue weighted by Gasteiger charge is 2.22. The Morgan fingerprint density at radius 2 is 1.78 bits per heavy atom. The van der Waals surface area contributed by atoms with Gasteiger partial charge in [-0.3, -0.25) is 0 Å². The lowest BCUT2D eigenvalue weighted by Gasteiger charge is -2.12. The van der Waals surface area contributed by atoms with Gasteiger partial charge in [-0.05, 0) is 43.2 Å². The standard InChI is InChI=1S/C17H19NO4S/c1-21-15-8-10-16(11-9-15)23(19,20)22-17-5-3-2-4-13(17)12-18-14-6-7-14/h2-5,8-11,14,18H,6-7,12H2,1H3. The molecule has 6 heteroatoms. The van der Waals surface area contributed by atoms with Crippen LogP contribution in [0.25, 0.3) is 0 Å². The number of nitrogens with one attached hydrogen (secondary N) is 1. The smallest absolute Gasteiger partial charge is 0.339 e. The van der Waals surface area contributed by atoms with Crippen molar-refractivity contribution in [3.63, 3.8) is 0 Å². The van der Waals surface area contributed by atoms with Gasteiger partial charge >= 0.3 is 10.1 Å². The first-order valence-corrected chi connectivity index (χ1v) is 8.89. The molecule has 0 aromatic heterocycles. The van der Waals surface area contributed by atoms with E-state index in [9.17, 15) is 8.42 Å². The van der Waals surface area contributed by atoms with Gasteiger partial charge in [0.15, 0.2) is 0 Å². The number of hydrogen-bond acceptors (Lipinski definition) is 5. The van der Waals surface area contributed by atoms with E-state index in [0.717, 1.165) is 5.56 Å². The van der Waals surface area contributed by atoms with Gasteiger partial charge < -0.3 is 14.2 Å². The number of hydrogen-bond donors (Lipinski definition) is 1. The monoisotopic (exact) mass is 333 g/mol. The molecule has 2 aromatic rings. The quantitative estimate of drug-likeness (QED) is 0.789. The molecule has 3 rings (SSSR count). The summed E-state index contributed by atoms with van der Waals surface area (Å²) in [6.45, 7) is 0.596. The van der Waals surface area contributed by atoms with Crippen LogP contribution in [-0.4, -0.2) is 21.6 Å². The SMILES string of the molecule is COc1ccc(S(=O)(=O)Oc2ccccc2CNC2CC2)cc1. The van der Waals surface area contributed by atoms with Gasteiger partial charge in [0, 0.05) is 18.2 Å². The molecule has 0 atom stereocenters. The average Bonchev–Trinajstić information content (AvgIpc) is 3.38. The third kappa shape index (κ3) is 4.03. The van der Waals surface area contributed by atoms with E-state index < -0.39 is 10.1 Å². The molecule has 0 aliphatic heterocycles. The summed E-state index contributed by atoms with van der Waals surface area (Å²) < 4.78 is 35.2. The van der Waals surface area contributed by atoms with E-state index in [0.29, 0.717) is 24.1 Å². The summed E-state index contributed by atoms with van der Waals surface area (Å²) >= 11 is 0. The minimum atomic E-state index is -3.87. The lowest BCUT2D eigenvalue weighted by atomic mass is 10.2.